The third-order valence-corrected chi connectivity index (χ3v) is 5.66. The number of hydrogen-bond acceptors (Lipinski definition) is 6. The van der Waals surface area contributed by atoms with Gasteiger partial charge in [-0.2, -0.15) is 0 Å². The molecule has 8 heteroatoms. The Labute approximate surface area is 173 Å². The summed E-state index contributed by atoms with van der Waals surface area (Å²) < 4.78 is 7.70. The molecule has 0 bridgehead atoms. The highest BCUT2D eigenvalue weighted by Crippen LogP contribution is 2.22. The Bertz CT molecular complexity index is 1190. The predicted octanol–water partition coefficient (Wildman–Crippen LogP) is 2.99. The monoisotopic (exact) mass is 402 g/mol. The summed E-state index contributed by atoms with van der Waals surface area (Å²) in [5, 5.41) is 0.943. The number of rotatable bonds is 3. The van der Waals surface area contributed by atoms with Crippen LogP contribution in [0.1, 0.15) is 21.9 Å². The molecule has 4 heterocycles. The molecule has 0 radical (unpaired) electrons. The molecular weight excluding hydrogens is 380 g/mol. The largest absolute Gasteiger partial charge is 0.451 e. The van der Waals surface area contributed by atoms with Gasteiger partial charge in [-0.25, -0.2) is 15.0 Å². The van der Waals surface area contributed by atoms with E-state index in [-0.39, 0.29) is 5.91 Å². The van der Waals surface area contributed by atoms with Crippen molar-refractivity contribution in [2.75, 3.05) is 31.1 Å². The Morgan fingerprint density at radius 2 is 1.73 bits per heavy atom. The van der Waals surface area contributed by atoms with E-state index < -0.39 is 0 Å². The number of furan rings is 1. The van der Waals surface area contributed by atoms with Crippen molar-refractivity contribution in [3.63, 3.8) is 0 Å². The first-order valence-corrected chi connectivity index (χ1v) is 9.96. The number of fused-ring (bicyclic) bond motifs is 1. The fraction of sp³-hybridized carbons (Fsp3) is 0.273. The first-order valence-electron chi connectivity index (χ1n) is 9.96. The summed E-state index contributed by atoms with van der Waals surface area (Å²) in [4.78, 5) is 30.1. The SMILES string of the molecule is Cc1ncn(-c2cc(N3CCN(C(=O)c4cc5ccccc5o4)CC3)ncn2)c1C. The van der Waals surface area contributed by atoms with E-state index in [0.717, 1.165) is 34.0 Å². The third kappa shape index (κ3) is 3.20. The first kappa shape index (κ1) is 18.4. The van der Waals surface area contributed by atoms with Crippen LogP contribution in [0.3, 0.4) is 0 Å². The van der Waals surface area contributed by atoms with E-state index in [1.165, 1.54) is 0 Å². The average molecular weight is 402 g/mol. The van der Waals surface area contributed by atoms with E-state index in [0.29, 0.717) is 31.9 Å². The first-order chi connectivity index (χ1) is 14.6. The lowest BCUT2D eigenvalue weighted by Crippen LogP contribution is -2.49. The fourth-order valence-electron chi connectivity index (χ4n) is 3.75. The Morgan fingerprint density at radius 1 is 0.967 bits per heavy atom. The molecule has 0 atom stereocenters. The van der Waals surface area contributed by atoms with Gasteiger partial charge in [0, 0.05) is 43.3 Å². The number of para-hydroxylation sites is 1. The molecule has 1 fully saturated rings. The van der Waals surface area contributed by atoms with Crippen molar-refractivity contribution >= 4 is 22.7 Å². The van der Waals surface area contributed by atoms with Gasteiger partial charge in [-0.05, 0) is 26.0 Å². The number of piperazine rings is 1. The fourth-order valence-corrected chi connectivity index (χ4v) is 3.75. The van der Waals surface area contributed by atoms with E-state index in [2.05, 4.69) is 19.9 Å². The van der Waals surface area contributed by atoms with Crippen LogP contribution in [0.2, 0.25) is 0 Å². The number of carbonyl (C=O) groups is 1. The molecule has 1 amide bonds. The molecule has 0 spiro atoms. The number of imidazole rings is 1. The lowest BCUT2D eigenvalue weighted by molar-refractivity contribution is 0.0717. The summed E-state index contributed by atoms with van der Waals surface area (Å²) in [6.07, 6.45) is 3.35. The smallest absolute Gasteiger partial charge is 0.289 e. The Morgan fingerprint density at radius 3 is 2.47 bits per heavy atom. The minimum atomic E-state index is -0.0706. The van der Waals surface area contributed by atoms with Crippen LogP contribution < -0.4 is 4.90 Å². The highest BCUT2D eigenvalue weighted by atomic mass is 16.3. The zero-order valence-electron chi connectivity index (χ0n) is 16.9. The molecule has 1 aliphatic rings. The molecule has 1 saturated heterocycles. The number of carbonyl (C=O) groups excluding carboxylic acids is 1. The van der Waals surface area contributed by atoms with Gasteiger partial charge in [-0.15, -0.1) is 0 Å². The minimum Gasteiger partial charge on any atom is -0.451 e. The van der Waals surface area contributed by atoms with Crippen LogP contribution in [0.25, 0.3) is 16.8 Å². The maximum atomic E-state index is 12.9. The summed E-state index contributed by atoms with van der Waals surface area (Å²) in [5.41, 5.74) is 2.77. The number of amides is 1. The van der Waals surface area contributed by atoms with Gasteiger partial charge in [-0.1, -0.05) is 18.2 Å². The third-order valence-electron chi connectivity index (χ3n) is 5.66. The number of aromatic nitrogens is 4. The molecular formula is C22H22N6O2. The van der Waals surface area contributed by atoms with Crippen LogP contribution in [0.5, 0.6) is 0 Å². The van der Waals surface area contributed by atoms with Crippen molar-refractivity contribution in [2.45, 2.75) is 13.8 Å². The van der Waals surface area contributed by atoms with Crippen molar-refractivity contribution in [3.05, 3.63) is 66.2 Å². The Kier molecular flexibility index (Phi) is 4.46. The second kappa shape index (κ2) is 7.29. The molecule has 1 aliphatic heterocycles. The van der Waals surface area contributed by atoms with Crippen molar-refractivity contribution in [1.82, 2.24) is 24.4 Å². The summed E-state index contributed by atoms with van der Waals surface area (Å²) in [6.45, 7) is 6.62. The van der Waals surface area contributed by atoms with Gasteiger partial charge in [0.2, 0.25) is 0 Å². The highest BCUT2D eigenvalue weighted by Gasteiger charge is 2.25. The lowest BCUT2D eigenvalue weighted by atomic mass is 10.2. The molecule has 4 aromatic rings. The van der Waals surface area contributed by atoms with Crippen molar-refractivity contribution in [1.29, 1.82) is 0 Å². The van der Waals surface area contributed by atoms with Crippen LogP contribution in [0.4, 0.5) is 5.82 Å². The standard InChI is InChI=1S/C22H22N6O2/c1-15-16(2)28(14-25-15)21-12-20(23-13-24-21)26-7-9-27(10-8-26)22(29)19-11-17-5-3-4-6-18(17)30-19/h3-6,11-14H,7-10H2,1-2H3. The number of hydrogen-bond donors (Lipinski definition) is 0. The molecule has 1 aromatic carbocycles. The quantitative estimate of drug-likeness (QED) is 0.524. The molecule has 8 nitrogen and oxygen atoms in total. The minimum absolute atomic E-state index is 0.0706. The normalized spacial score (nSPS) is 14.5. The summed E-state index contributed by atoms with van der Waals surface area (Å²) in [7, 11) is 0. The van der Waals surface area contributed by atoms with E-state index >= 15 is 0 Å². The van der Waals surface area contributed by atoms with E-state index in [1.54, 1.807) is 12.7 Å². The number of nitrogens with zero attached hydrogens (tertiary/aromatic N) is 6. The van der Waals surface area contributed by atoms with Gasteiger partial charge < -0.3 is 14.2 Å². The van der Waals surface area contributed by atoms with Crippen molar-refractivity contribution < 1.29 is 9.21 Å². The maximum absolute atomic E-state index is 12.9. The lowest BCUT2D eigenvalue weighted by Gasteiger charge is -2.35. The van der Waals surface area contributed by atoms with Crippen LogP contribution >= 0.6 is 0 Å². The molecule has 152 valence electrons. The second-order valence-electron chi connectivity index (χ2n) is 7.45. The van der Waals surface area contributed by atoms with Gasteiger partial charge in [0.15, 0.2) is 5.76 Å². The van der Waals surface area contributed by atoms with Gasteiger partial charge in [-0.3, -0.25) is 9.36 Å². The van der Waals surface area contributed by atoms with Crippen molar-refractivity contribution in [2.24, 2.45) is 0 Å². The average Bonchev–Trinajstić information content (AvgIpc) is 3.37. The zero-order valence-corrected chi connectivity index (χ0v) is 16.9. The zero-order chi connectivity index (χ0) is 20.7. The predicted molar refractivity (Wildman–Crippen MR) is 113 cm³/mol. The van der Waals surface area contributed by atoms with Crippen LogP contribution in [-0.4, -0.2) is 56.5 Å². The second-order valence-corrected chi connectivity index (χ2v) is 7.45. The number of anilines is 1. The van der Waals surface area contributed by atoms with Gasteiger partial charge in [0.05, 0.1) is 5.69 Å². The summed E-state index contributed by atoms with van der Waals surface area (Å²) in [5.74, 6) is 1.96. The van der Waals surface area contributed by atoms with Crippen LogP contribution in [0, 0.1) is 13.8 Å². The van der Waals surface area contributed by atoms with Gasteiger partial charge in [0.25, 0.3) is 5.91 Å². The summed E-state index contributed by atoms with van der Waals surface area (Å²) >= 11 is 0. The van der Waals surface area contributed by atoms with E-state index in [1.807, 2.05) is 59.7 Å². The number of benzene rings is 1. The topological polar surface area (TPSA) is 80.3 Å². The van der Waals surface area contributed by atoms with Crippen LogP contribution in [0.15, 0.2) is 53.5 Å². The number of aryl methyl sites for hydroxylation is 1. The Balaban J connectivity index is 1.29. The molecule has 0 unspecified atom stereocenters. The summed E-state index contributed by atoms with van der Waals surface area (Å²) in [6, 6.07) is 11.4. The molecule has 0 aliphatic carbocycles. The molecule has 0 saturated carbocycles. The molecule has 3 aromatic heterocycles. The molecule has 30 heavy (non-hydrogen) atoms. The van der Waals surface area contributed by atoms with Gasteiger partial charge in [0.1, 0.15) is 29.9 Å². The maximum Gasteiger partial charge on any atom is 0.289 e. The molecule has 0 N–H and O–H groups in total. The van der Waals surface area contributed by atoms with E-state index in [4.69, 9.17) is 4.42 Å². The van der Waals surface area contributed by atoms with Gasteiger partial charge >= 0.3 is 0 Å². The molecule has 5 rings (SSSR count). The Hall–Kier alpha value is -3.68. The van der Waals surface area contributed by atoms with E-state index in [9.17, 15) is 4.79 Å². The van der Waals surface area contributed by atoms with Crippen LogP contribution in [-0.2, 0) is 0 Å². The van der Waals surface area contributed by atoms with Crippen molar-refractivity contribution in [3.8, 4) is 5.82 Å². The highest BCUT2D eigenvalue weighted by molar-refractivity contribution is 5.96.